The molecule has 1 saturated heterocycles. The van der Waals surface area contributed by atoms with Crippen LogP contribution >= 0.6 is 0 Å². The Bertz CT molecular complexity index is 104. The van der Waals surface area contributed by atoms with Crippen LogP contribution in [0.15, 0.2) is 0 Å². The maximum atomic E-state index is 10.1. The predicted molar refractivity (Wildman–Crippen MR) is 40.2 cm³/mol. The van der Waals surface area contributed by atoms with Crippen molar-refractivity contribution in [3.05, 3.63) is 0 Å². The Kier molecular flexibility index (Phi) is 9.93. The summed E-state index contributed by atoms with van der Waals surface area (Å²) in [5.74, 6) is -0.720. The number of rotatable bonds is 1. The molecule has 1 fully saturated rings. The maximum Gasteiger partial charge on any atom is 0.320 e. The molecular formula is C5H9NNa2O2. The van der Waals surface area contributed by atoms with E-state index in [-0.39, 0.29) is 65.2 Å². The molecule has 2 radical (unpaired) electrons. The molecule has 0 unspecified atom stereocenters. The number of hydrogen-bond acceptors (Lipinski definition) is 2. The second-order valence-electron chi connectivity index (χ2n) is 1.99. The molecule has 0 aromatic heterocycles. The zero-order valence-corrected chi connectivity index (χ0v) is 10.6. The van der Waals surface area contributed by atoms with Crippen molar-refractivity contribution in [1.29, 1.82) is 0 Å². The SMILES string of the molecule is O=C(O)[C@@H]1CCCN1.[Na].[Na]. The molecule has 0 bridgehead atoms. The Labute approximate surface area is 105 Å². The molecule has 1 aliphatic heterocycles. The number of carbonyl (C=O) groups is 1. The Morgan fingerprint density at radius 2 is 2.10 bits per heavy atom. The Hall–Kier alpha value is 1.43. The van der Waals surface area contributed by atoms with E-state index in [1.165, 1.54) is 0 Å². The molecule has 3 nitrogen and oxygen atoms in total. The van der Waals surface area contributed by atoms with Gasteiger partial charge in [-0.15, -0.1) is 0 Å². The summed E-state index contributed by atoms with van der Waals surface area (Å²) < 4.78 is 0. The van der Waals surface area contributed by atoms with E-state index in [1.807, 2.05) is 0 Å². The third-order valence-corrected chi connectivity index (χ3v) is 1.36. The second kappa shape index (κ2) is 7.10. The third kappa shape index (κ3) is 4.34. The van der Waals surface area contributed by atoms with Gasteiger partial charge >= 0.3 is 5.97 Å². The smallest absolute Gasteiger partial charge is 0.320 e. The van der Waals surface area contributed by atoms with Crippen molar-refractivity contribution >= 4 is 65.1 Å². The topological polar surface area (TPSA) is 49.3 Å². The summed E-state index contributed by atoms with van der Waals surface area (Å²) >= 11 is 0. The zero-order valence-electron chi connectivity index (χ0n) is 6.55. The largest absolute Gasteiger partial charge is 0.480 e. The number of carboxylic acids is 1. The first-order chi connectivity index (χ1) is 3.80. The van der Waals surface area contributed by atoms with Gasteiger partial charge in [-0.1, -0.05) is 0 Å². The van der Waals surface area contributed by atoms with Crippen LogP contribution in [0, 0.1) is 0 Å². The minimum Gasteiger partial charge on any atom is -0.480 e. The fourth-order valence-electron chi connectivity index (χ4n) is 0.895. The summed E-state index contributed by atoms with van der Waals surface area (Å²) in [6.45, 7) is 0.858. The molecule has 0 aromatic rings. The molecule has 1 rings (SSSR count). The van der Waals surface area contributed by atoms with Crippen molar-refractivity contribution in [3.63, 3.8) is 0 Å². The molecule has 10 heavy (non-hydrogen) atoms. The first-order valence-corrected chi connectivity index (χ1v) is 2.77. The van der Waals surface area contributed by atoms with Crippen LogP contribution in [-0.4, -0.2) is 82.8 Å². The number of carboxylic acid groups (broad SMARTS) is 1. The minimum absolute atomic E-state index is 0. The van der Waals surface area contributed by atoms with Gasteiger partial charge < -0.3 is 10.4 Å². The molecular weight excluding hydrogens is 152 g/mol. The van der Waals surface area contributed by atoms with Crippen LogP contribution in [0.3, 0.4) is 0 Å². The fraction of sp³-hybridized carbons (Fsp3) is 0.800. The minimum atomic E-state index is -0.720. The molecule has 0 aromatic carbocycles. The van der Waals surface area contributed by atoms with Gasteiger partial charge in [0, 0.05) is 59.1 Å². The van der Waals surface area contributed by atoms with Crippen molar-refractivity contribution in [2.75, 3.05) is 6.54 Å². The monoisotopic (exact) mass is 161 g/mol. The van der Waals surface area contributed by atoms with E-state index in [2.05, 4.69) is 5.32 Å². The van der Waals surface area contributed by atoms with Crippen LogP contribution < -0.4 is 5.32 Å². The van der Waals surface area contributed by atoms with E-state index in [4.69, 9.17) is 5.11 Å². The van der Waals surface area contributed by atoms with Crippen LogP contribution in [0.1, 0.15) is 12.8 Å². The maximum absolute atomic E-state index is 10.1. The number of aliphatic carboxylic acids is 1. The molecule has 2 N–H and O–H groups in total. The second-order valence-corrected chi connectivity index (χ2v) is 1.99. The van der Waals surface area contributed by atoms with E-state index >= 15 is 0 Å². The number of hydrogen-bond donors (Lipinski definition) is 2. The summed E-state index contributed by atoms with van der Waals surface area (Å²) in [4.78, 5) is 10.1. The van der Waals surface area contributed by atoms with E-state index in [0.29, 0.717) is 0 Å². The Balaban J connectivity index is 0. The van der Waals surface area contributed by atoms with Crippen LogP contribution in [0.2, 0.25) is 0 Å². The van der Waals surface area contributed by atoms with E-state index in [9.17, 15) is 4.79 Å². The van der Waals surface area contributed by atoms with Gasteiger partial charge in [-0.05, 0) is 19.4 Å². The first-order valence-electron chi connectivity index (χ1n) is 2.77. The van der Waals surface area contributed by atoms with Crippen molar-refractivity contribution in [2.24, 2.45) is 0 Å². The van der Waals surface area contributed by atoms with Crippen molar-refractivity contribution in [1.82, 2.24) is 5.32 Å². The number of nitrogens with one attached hydrogen (secondary N) is 1. The van der Waals surface area contributed by atoms with Gasteiger partial charge in [0.25, 0.3) is 0 Å². The van der Waals surface area contributed by atoms with E-state index in [1.54, 1.807) is 0 Å². The predicted octanol–water partition coefficient (Wildman–Crippen LogP) is -0.939. The quantitative estimate of drug-likeness (QED) is 0.488. The van der Waals surface area contributed by atoms with Crippen LogP contribution in [0.5, 0.6) is 0 Å². The molecule has 0 spiro atoms. The summed E-state index contributed by atoms with van der Waals surface area (Å²) in [6.07, 6.45) is 1.78. The van der Waals surface area contributed by atoms with E-state index < -0.39 is 5.97 Å². The molecule has 5 heteroatoms. The van der Waals surface area contributed by atoms with Crippen molar-refractivity contribution in [3.8, 4) is 0 Å². The average molecular weight is 161 g/mol. The van der Waals surface area contributed by atoms with Crippen molar-refractivity contribution in [2.45, 2.75) is 18.9 Å². The van der Waals surface area contributed by atoms with E-state index in [0.717, 1.165) is 19.4 Å². The molecule has 0 amide bonds. The third-order valence-electron chi connectivity index (χ3n) is 1.36. The van der Waals surface area contributed by atoms with Gasteiger partial charge in [0.1, 0.15) is 6.04 Å². The summed E-state index contributed by atoms with van der Waals surface area (Å²) in [5, 5.41) is 11.2. The van der Waals surface area contributed by atoms with Crippen LogP contribution in [-0.2, 0) is 4.79 Å². The summed E-state index contributed by atoms with van der Waals surface area (Å²) in [6, 6.07) is -0.269. The van der Waals surface area contributed by atoms with Gasteiger partial charge in [-0.25, -0.2) is 0 Å². The fourth-order valence-corrected chi connectivity index (χ4v) is 0.895. The van der Waals surface area contributed by atoms with Crippen LogP contribution in [0.25, 0.3) is 0 Å². The summed E-state index contributed by atoms with van der Waals surface area (Å²) in [5.41, 5.74) is 0. The van der Waals surface area contributed by atoms with Crippen LogP contribution in [0.4, 0.5) is 0 Å². The molecule has 1 atom stereocenters. The first kappa shape index (κ1) is 14.0. The standard InChI is InChI=1S/C5H9NO2.2Na/c7-5(8)4-2-1-3-6-4;;/h4,6H,1-3H2,(H,7,8);;/t4-;;/m0../s1. The van der Waals surface area contributed by atoms with Crippen molar-refractivity contribution < 1.29 is 9.90 Å². The van der Waals surface area contributed by atoms with Gasteiger partial charge in [-0.3, -0.25) is 4.79 Å². The normalized spacial score (nSPS) is 22.6. The van der Waals surface area contributed by atoms with Gasteiger partial charge in [0.05, 0.1) is 0 Å². The molecule has 0 aliphatic carbocycles. The Morgan fingerprint density at radius 3 is 2.30 bits per heavy atom. The zero-order chi connectivity index (χ0) is 5.98. The molecule has 0 saturated carbocycles. The van der Waals surface area contributed by atoms with Gasteiger partial charge in [0.15, 0.2) is 0 Å². The molecule has 1 aliphatic rings. The average Bonchev–Trinajstić information content (AvgIpc) is 2.12. The van der Waals surface area contributed by atoms with Gasteiger partial charge in [-0.2, -0.15) is 0 Å². The Morgan fingerprint density at radius 1 is 1.50 bits per heavy atom. The molecule has 48 valence electrons. The summed E-state index contributed by atoms with van der Waals surface area (Å²) in [7, 11) is 0. The molecule has 1 heterocycles. The van der Waals surface area contributed by atoms with Gasteiger partial charge in [0.2, 0.25) is 0 Å².